The van der Waals surface area contributed by atoms with E-state index in [2.05, 4.69) is 0 Å². The van der Waals surface area contributed by atoms with Crippen LogP contribution in [0.3, 0.4) is 0 Å². The molecule has 2 aromatic rings. The molecule has 0 saturated carbocycles. The van der Waals surface area contributed by atoms with E-state index in [9.17, 15) is 24.6 Å². The van der Waals surface area contributed by atoms with Crippen molar-refractivity contribution >= 4 is 23.5 Å². The minimum absolute atomic E-state index is 0.103. The number of methoxy groups -OCH3 is 1. The van der Waals surface area contributed by atoms with Gasteiger partial charge in [-0.3, -0.25) is 19.3 Å². The molecule has 0 bridgehead atoms. The van der Waals surface area contributed by atoms with Crippen molar-refractivity contribution in [2.24, 2.45) is 0 Å². The van der Waals surface area contributed by atoms with Crippen molar-refractivity contribution in [3.05, 3.63) is 65.2 Å². The number of carbonyl (C=O) groups excluding carboxylic acids is 3. The van der Waals surface area contributed by atoms with E-state index < -0.39 is 23.8 Å². The highest BCUT2D eigenvalue weighted by atomic mass is 16.5. The maximum atomic E-state index is 13.0. The van der Waals surface area contributed by atoms with Gasteiger partial charge in [0.2, 0.25) is 0 Å². The second-order valence-corrected chi connectivity index (χ2v) is 6.85. The Hall–Kier alpha value is -3.23. The van der Waals surface area contributed by atoms with Crippen LogP contribution in [-0.4, -0.2) is 66.3 Å². The molecule has 1 unspecified atom stereocenters. The Morgan fingerprint density at radius 1 is 1.00 bits per heavy atom. The first-order chi connectivity index (χ1) is 14.5. The molecule has 8 heteroatoms. The molecule has 0 saturated heterocycles. The van der Waals surface area contributed by atoms with Gasteiger partial charge in [-0.25, -0.2) is 0 Å². The summed E-state index contributed by atoms with van der Waals surface area (Å²) >= 11 is 0. The molecule has 2 aromatic carbocycles. The normalized spacial score (nSPS) is 13.9. The number of aliphatic hydroxyl groups is 2. The number of benzene rings is 2. The highest BCUT2D eigenvalue weighted by molar-refractivity contribution is 6.21. The number of amides is 2. The summed E-state index contributed by atoms with van der Waals surface area (Å²) in [4.78, 5) is 41.0. The molecule has 1 atom stereocenters. The van der Waals surface area contributed by atoms with Crippen molar-refractivity contribution in [3.8, 4) is 0 Å². The lowest BCUT2D eigenvalue weighted by Crippen LogP contribution is -2.36. The van der Waals surface area contributed by atoms with Crippen LogP contribution in [-0.2, 0) is 9.53 Å². The summed E-state index contributed by atoms with van der Waals surface area (Å²) in [6.07, 6.45) is -0.189. The van der Waals surface area contributed by atoms with Gasteiger partial charge in [-0.05, 0) is 29.8 Å². The summed E-state index contributed by atoms with van der Waals surface area (Å²) in [6.45, 7) is 0.403. The minimum atomic E-state index is -0.852. The molecule has 0 radical (unpaired) electrons. The van der Waals surface area contributed by atoms with Gasteiger partial charge < -0.3 is 19.8 Å². The standard InChI is InChI=1S/C22H24N2O6/c1-30-20(27)14-19(24-21(28)17-7-2-3-8-18(17)22(24)29)15-5-4-6-16(13-15)23(9-11-25)10-12-26/h2-8,13,19,25-26H,9-12,14H2,1H3. The summed E-state index contributed by atoms with van der Waals surface area (Å²) in [7, 11) is 1.25. The molecule has 0 fully saturated rings. The van der Waals surface area contributed by atoms with E-state index in [-0.39, 0.29) is 19.6 Å². The van der Waals surface area contributed by atoms with Crippen LogP contribution in [0.2, 0.25) is 0 Å². The van der Waals surface area contributed by atoms with Crippen LogP contribution in [0.25, 0.3) is 0 Å². The third-order valence-electron chi connectivity index (χ3n) is 5.08. The number of fused-ring (bicyclic) bond motifs is 1. The molecule has 1 heterocycles. The molecule has 2 amide bonds. The van der Waals surface area contributed by atoms with Crippen molar-refractivity contribution in [2.45, 2.75) is 12.5 Å². The molecular weight excluding hydrogens is 388 g/mol. The van der Waals surface area contributed by atoms with Gasteiger partial charge in [0.25, 0.3) is 11.8 Å². The molecule has 3 rings (SSSR count). The molecule has 0 aromatic heterocycles. The van der Waals surface area contributed by atoms with Crippen LogP contribution in [0.1, 0.15) is 38.7 Å². The van der Waals surface area contributed by atoms with Gasteiger partial charge in [0.1, 0.15) is 0 Å². The number of rotatable bonds is 9. The Labute approximate surface area is 174 Å². The zero-order valence-corrected chi connectivity index (χ0v) is 16.7. The van der Waals surface area contributed by atoms with Gasteiger partial charge in [0, 0.05) is 18.8 Å². The fourth-order valence-corrected chi connectivity index (χ4v) is 3.63. The molecule has 2 N–H and O–H groups in total. The number of hydrogen-bond acceptors (Lipinski definition) is 7. The first kappa shape index (κ1) is 21.5. The smallest absolute Gasteiger partial charge is 0.307 e. The number of anilines is 1. The SMILES string of the molecule is COC(=O)CC(c1cccc(N(CCO)CCO)c1)N1C(=O)c2ccccc2C1=O. The average Bonchev–Trinajstić information content (AvgIpc) is 3.02. The predicted molar refractivity (Wildman–Crippen MR) is 109 cm³/mol. The van der Waals surface area contributed by atoms with Crippen LogP contribution in [0, 0.1) is 0 Å². The van der Waals surface area contributed by atoms with E-state index in [1.165, 1.54) is 7.11 Å². The van der Waals surface area contributed by atoms with Gasteiger partial charge in [-0.2, -0.15) is 0 Å². The van der Waals surface area contributed by atoms with Gasteiger partial charge >= 0.3 is 5.97 Å². The lowest BCUT2D eigenvalue weighted by Gasteiger charge is -2.28. The topological polar surface area (TPSA) is 107 Å². The van der Waals surface area contributed by atoms with Crippen LogP contribution < -0.4 is 4.90 Å². The van der Waals surface area contributed by atoms with Gasteiger partial charge in [0.15, 0.2) is 0 Å². The molecule has 30 heavy (non-hydrogen) atoms. The van der Waals surface area contributed by atoms with Crippen molar-refractivity contribution in [1.82, 2.24) is 4.90 Å². The highest BCUT2D eigenvalue weighted by Gasteiger charge is 2.41. The van der Waals surface area contributed by atoms with Crippen LogP contribution in [0.15, 0.2) is 48.5 Å². The van der Waals surface area contributed by atoms with Crippen molar-refractivity contribution < 1.29 is 29.3 Å². The fourth-order valence-electron chi connectivity index (χ4n) is 3.63. The van der Waals surface area contributed by atoms with E-state index in [0.717, 1.165) is 4.90 Å². The number of carbonyl (C=O) groups is 3. The van der Waals surface area contributed by atoms with Crippen LogP contribution in [0.5, 0.6) is 0 Å². The highest BCUT2D eigenvalue weighted by Crippen LogP contribution is 2.35. The van der Waals surface area contributed by atoms with Crippen molar-refractivity contribution in [2.75, 3.05) is 38.3 Å². The second-order valence-electron chi connectivity index (χ2n) is 6.85. The first-order valence-corrected chi connectivity index (χ1v) is 9.62. The van der Waals surface area contributed by atoms with E-state index in [0.29, 0.717) is 35.5 Å². The van der Waals surface area contributed by atoms with E-state index in [1.807, 2.05) is 0 Å². The monoisotopic (exact) mass is 412 g/mol. The summed E-state index contributed by atoms with van der Waals surface area (Å²) in [6, 6.07) is 12.7. The third kappa shape index (κ3) is 4.19. The Morgan fingerprint density at radius 2 is 1.60 bits per heavy atom. The fraction of sp³-hybridized carbons (Fsp3) is 0.318. The number of hydrogen-bond donors (Lipinski definition) is 2. The Bertz CT molecular complexity index is 904. The Kier molecular flexibility index (Phi) is 6.81. The maximum absolute atomic E-state index is 13.0. The number of esters is 1. The summed E-state index contributed by atoms with van der Waals surface area (Å²) < 4.78 is 4.80. The molecule has 0 spiro atoms. The van der Waals surface area contributed by atoms with Crippen LogP contribution in [0.4, 0.5) is 5.69 Å². The van der Waals surface area contributed by atoms with E-state index in [1.54, 1.807) is 53.4 Å². The summed E-state index contributed by atoms with van der Waals surface area (Å²) in [5.74, 6) is -1.47. The molecule has 8 nitrogen and oxygen atoms in total. The zero-order chi connectivity index (χ0) is 21.7. The van der Waals surface area contributed by atoms with Crippen LogP contribution >= 0.6 is 0 Å². The number of imide groups is 1. The Morgan fingerprint density at radius 3 is 2.13 bits per heavy atom. The first-order valence-electron chi connectivity index (χ1n) is 9.62. The number of ether oxygens (including phenoxy) is 1. The minimum Gasteiger partial charge on any atom is -0.469 e. The summed E-state index contributed by atoms with van der Waals surface area (Å²) in [5.41, 5.74) is 1.88. The zero-order valence-electron chi connectivity index (χ0n) is 16.7. The number of nitrogens with zero attached hydrogens (tertiary/aromatic N) is 2. The molecule has 0 aliphatic carbocycles. The van der Waals surface area contributed by atoms with Crippen molar-refractivity contribution in [3.63, 3.8) is 0 Å². The second kappa shape index (κ2) is 9.51. The predicted octanol–water partition coefficient (Wildman–Crippen LogP) is 1.38. The molecule has 1 aliphatic heterocycles. The van der Waals surface area contributed by atoms with Gasteiger partial charge in [-0.15, -0.1) is 0 Å². The summed E-state index contributed by atoms with van der Waals surface area (Å²) in [5, 5.41) is 18.6. The quantitative estimate of drug-likeness (QED) is 0.473. The van der Waals surface area contributed by atoms with E-state index in [4.69, 9.17) is 4.74 Å². The average molecular weight is 412 g/mol. The molecular formula is C22H24N2O6. The lowest BCUT2D eigenvalue weighted by atomic mass is 10.0. The largest absolute Gasteiger partial charge is 0.469 e. The van der Waals surface area contributed by atoms with Gasteiger partial charge in [-0.1, -0.05) is 24.3 Å². The maximum Gasteiger partial charge on any atom is 0.307 e. The van der Waals surface area contributed by atoms with Crippen molar-refractivity contribution in [1.29, 1.82) is 0 Å². The third-order valence-corrected chi connectivity index (χ3v) is 5.08. The lowest BCUT2D eigenvalue weighted by molar-refractivity contribution is -0.141. The Balaban J connectivity index is 2.01. The molecule has 158 valence electrons. The molecule has 1 aliphatic rings. The number of aliphatic hydroxyl groups excluding tert-OH is 2. The van der Waals surface area contributed by atoms with E-state index >= 15 is 0 Å². The van der Waals surface area contributed by atoms with Gasteiger partial charge in [0.05, 0.1) is 43.9 Å².